The maximum absolute atomic E-state index is 12.7. The number of nitrogens with one attached hydrogen (secondary N) is 1. The number of aromatic nitrogens is 4. The standard InChI is InChI=1S/C20H28N6O3/c1-15-23-16(2)26(24-15)9-8-22-19(27)12-18-14-29-11-10-25(18)20(28)6-5-17-4-3-7-21-13-17/h3-4,7,13,18H,5-6,8-12,14H2,1-2H3,(H,22,27). The average Bonchev–Trinajstić information content (AvgIpc) is 3.04. The molecule has 0 spiro atoms. The highest BCUT2D eigenvalue weighted by Gasteiger charge is 2.28. The topological polar surface area (TPSA) is 102 Å². The van der Waals surface area contributed by atoms with Gasteiger partial charge in [0.1, 0.15) is 11.6 Å². The summed E-state index contributed by atoms with van der Waals surface area (Å²) in [5, 5.41) is 7.18. The van der Waals surface area contributed by atoms with Crippen LogP contribution in [0.15, 0.2) is 24.5 Å². The number of nitrogens with zero attached hydrogens (tertiary/aromatic N) is 5. The highest BCUT2D eigenvalue weighted by Crippen LogP contribution is 2.14. The summed E-state index contributed by atoms with van der Waals surface area (Å²) in [7, 11) is 0. The number of hydrogen-bond donors (Lipinski definition) is 1. The molecule has 1 aliphatic heterocycles. The Balaban J connectivity index is 1.46. The largest absolute Gasteiger partial charge is 0.377 e. The minimum absolute atomic E-state index is 0.0451. The lowest BCUT2D eigenvalue weighted by atomic mass is 10.1. The van der Waals surface area contributed by atoms with Gasteiger partial charge >= 0.3 is 0 Å². The predicted octanol–water partition coefficient (Wildman–Crippen LogP) is 0.656. The lowest BCUT2D eigenvalue weighted by molar-refractivity contribution is -0.141. The number of morpholine rings is 1. The summed E-state index contributed by atoms with van der Waals surface area (Å²) >= 11 is 0. The third-order valence-electron chi connectivity index (χ3n) is 4.93. The van der Waals surface area contributed by atoms with Gasteiger partial charge in [0.05, 0.1) is 25.8 Å². The quantitative estimate of drug-likeness (QED) is 0.698. The molecule has 2 amide bonds. The fourth-order valence-corrected chi connectivity index (χ4v) is 3.45. The van der Waals surface area contributed by atoms with Crippen LogP contribution >= 0.6 is 0 Å². The van der Waals surface area contributed by atoms with Crippen molar-refractivity contribution in [2.24, 2.45) is 0 Å². The van der Waals surface area contributed by atoms with E-state index >= 15 is 0 Å². The smallest absolute Gasteiger partial charge is 0.223 e. The second-order valence-electron chi connectivity index (χ2n) is 7.16. The zero-order chi connectivity index (χ0) is 20.6. The number of ether oxygens (including phenoxy) is 1. The van der Waals surface area contributed by atoms with Gasteiger partial charge in [0, 0.05) is 38.3 Å². The predicted molar refractivity (Wildman–Crippen MR) is 106 cm³/mol. The number of rotatable bonds is 8. The van der Waals surface area contributed by atoms with Gasteiger partial charge in [-0.05, 0) is 31.9 Å². The maximum atomic E-state index is 12.7. The van der Waals surface area contributed by atoms with Crippen LogP contribution in [0.2, 0.25) is 0 Å². The Morgan fingerprint density at radius 2 is 2.21 bits per heavy atom. The van der Waals surface area contributed by atoms with E-state index in [1.54, 1.807) is 22.0 Å². The van der Waals surface area contributed by atoms with Crippen LogP contribution in [0.5, 0.6) is 0 Å². The first-order valence-electron chi connectivity index (χ1n) is 9.94. The minimum atomic E-state index is -0.236. The molecular formula is C20H28N6O3. The van der Waals surface area contributed by atoms with Crippen LogP contribution in [0.1, 0.15) is 30.1 Å². The van der Waals surface area contributed by atoms with Crippen LogP contribution in [0.25, 0.3) is 0 Å². The van der Waals surface area contributed by atoms with Gasteiger partial charge in [-0.1, -0.05) is 6.07 Å². The van der Waals surface area contributed by atoms with Gasteiger partial charge in [0.25, 0.3) is 0 Å². The second-order valence-corrected chi connectivity index (χ2v) is 7.16. The number of pyridine rings is 1. The summed E-state index contributed by atoms with van der Waals surface area (Å²) in [5.74, 6) is 1.49. The first-order chi connectivity index (χ1) is 14.0. The molecule has 0 bridgehead atoms. The van der Waals surface area contributed by atoms with Crippen molar-refractivity contribution in [3.63, 3.8) is 0 Å². The highest BCUT2D eigenvalue weighted by molar-refractivity contribution is 5.80. The number of hydrogen-bond acceptors (Lipinski definition) is 6. The van der Waals surface area contributed by atoms with Gasteiger partial charge < -0.3 is 15.0 Å². The van der Waals surface area contributed by atoms with Crippen molar-refractivity contribution in [1.29, 1.82) is 0 Å². The molecule has 3 rings (SSSR count). The SMILES string of the molecule is Cc1nc(C)n(CCNC(=O)CC2COCCN2C(=O)CCc2cccnc2)n1. The Morgan fingerprint density at radius 1 is 1.34 bits per heavy atom. The van der Waals surface area contributed by atoms with E-state index in [1.165, 1.54) is 0 Å². The zero-order valence-corrected chi connectivity index (χ0v) is 17.0. The Labute approximate surface area is 170 Å². The van der Waals surface area contributed by atoms with Crippen molar-refractivity contribution in [1.82, 2.24) is 30.0 Å². The average molecular weight is 400 g/mol. The Kier molecular flexibility index (Phi) is 7.29. The molecule has 1 saturated heterocycles. The van der Waals surface area contributed by atoms with E-state index in [0.29, 0.717) is 51.5 Å². The van der Waals surface area contributed by atoms with E-state index in [-0.39, 0.29) is 24.3 Å². The van der Waals surface area contributed by atoms with Gasteiger partial charge in [-0.25, -0.2) is 9.67 Å². The summed E-state index contributed by atoms with van der Waals surface area (Å²) < 4.78 is 7.28. The van der Waals surface area contributed by atoms with Crippen molar-refractivity contribution in [3.05, 3.63) is 41.7 Å². The Hall–Kier alpha value is -2.81. The molecule has 9 heteroatoms. The third kappa shape index (κ3) is 6.08. The zero-order valence-electron chi connectivity index (χ0n) is 17.0. The maximum Gasteiger partial charge on any atom is 0.223 e. The van der Waals surface area contributed by atoms with Crippen LogP contribution in [-0.4, -0.2) is 68.8 Å². The second kappa shape index (κ2) is 10.1. The normalized spacial score (nSPS) is 16.6. The molecule has 1 aliphatic rings. The molecule has 1 unspecified atom stereocenters. The number of carbonyl (C=O) groups is 2. The van der Waals surface area contributed by atoms with Gasteiger partial charge in [-0.3, -0.25) is 14.6 Å². The first kappa shape index (κ1) is 20.9. The van der Waals surface area contributed by atoms with Gasteiger partial charge in [0.2, 0.25) is 11.8 Å². The van der Waals surface area contributed by atoms with Crippen LogP contribution in [0.4, 0.5) is 0 Å². The van der Waals surface area contributed by atoms with Crippen molar-refractivity contribution >= 4 is 11.8 Å². The van der Waals surface area contributed by atoms with Crippen molar-refractivity contribution in [3.8, 4) is 0 Å². The molecule has 9 nitrogen and oxygen atoms in total. The molecule has 2 aromatic rings. The Bertz CT molecular complexity index is 823. The molecule has 3 heterocycles. The summed E-state index contributed by atoms with van der Waals surface area (Å²) in [5.41, 5.74) is 1.03. The van der Waals surface area contributed by atoms with Crippen molar-refractivity contribution in [2.45, 2.75) is 45.7 Å². The number of amides is 2. The molecule has 0 radical (unpaired) electrons. The third-order valence-corrected chi connectivity index (χ3v) is 4.93. The lowest BCUT2D eigenvalue weighted by Gasteiger charge is -2.35. The minimum Gasteiger partial charge on any atom is -0.377 e. The van der Waals surface area contributed by atoms with Gasteiger partial charge in [-0.2, -0.15) is 5.10 Å². The summed E-state index contributed by atoms with van der Waals surface area (Å²) in [6.45, 7) is 6.15. The number of carbonyl (C=O) groups excluding carboxylic acids is 2. The van der Waals surface area contributed by atoms with E-state index in [9.17, 15) is 9.59 Å². The molecule has 29 heavy (non-hydrogen) atoms. The van der Waals surface area contributed by atoms with Gasteiger partial charge in [-0.15, -0.1) is 0 Å². The molecule has 1 N–H and O–H groups in total. The van der Waals surface area contributed by atoms with E-state index in [2.05, 4.69) is 20.4 Å². The molecule has 0 aromatic carbocycles. The summed E-state index contributed by atoms with van der Waals surface area (Å²) in [6.07, 6.45) is 4.76. The van der Waals surface area contributed by atoms with Crippen molar-refractivity contribution < 1.29 is 14.3 Å². The lowest BCUT2D eigenvalue weighted by Crippen LogP contribution is -2.50. The fraction of sp³-hybridized carbons (Fsp3) is 0.550. The molecule has 0 aliphatic carbocycles. The van der Waals surface area contributed by atoms with E-state index < -0.39 is 0 Å². The van der Waals surface area contributed by atoms with Crippen LogP contribution < -0.4 is 5.32 Å². The molecule has 1 atom stereocenters. The van der Waals surface area contributed by atoms with Crippen LogP contribution in [0, 0.1) is 13.8 Å². The highest BCUT2D eigenvalue weighted by atomic mass is 16.5. The Morgan fingerprint density at radius 3 is 2.93 bits per heavy atom. The van der Waals surface area contributed by atoms with Crippen LogP contribution in [0.3, 0.4) is 0 Å². The number of aryl methyl sites for hydroxylation is 3. The molecular weight excluding hydrogens is 372 g/mol. The molecule has 1 fully saturated rings. The summed E-state index contributed by atoms with van der Waals surface area (Å²) in [4.78, 5) is 35.2. The molecule has 156 valence electrons. The van der Waals surface area contributed by atoms with Gasteiger partial charge in [0.15, 0.2) is 0 Å². The fourth-order valence-electron chi connectivity index (χ4n) is 3.45. The molecule has 0 saturated carbocycles. The van der Waals surface area contributed by atoms with Crippen molar-refractivity contribution in [2.75, 3.05) is 26.3 Å². The first-order valence-corrected chi connectivity index (χ1v) is 9.94. The van der Waals surface area contributed by atoms with Crippen LogP contribution in [-0.2, 0) is 27.3 Å². The van der Waals surface area contributed by atoms with E-state index in [1.807, 2.05) is 26.0 Å². The summed E-state index contributed by atoms with van der Waals surface area (Å²) in [6, 6.07) is 3.59. The van der Waals surface area contributed by atoms with E-state index in [4.69, 9.17) is 4.74 Å². The monoisotopic (exact) mass is 400 g/mol. The molecule has 2 aromatic heterocycles. The van der Waals surface area contributed by atoms with E-state index in [0.717, 1.165) is 11.4 Å².